The summed E-state index contributed by atoms with van der Waals surface area (Å²) in [6, 6.07) is 5.40. The Bertz CT molecular complexity index is 739. The normalized spacial score (nSPS) is 12.4. The number of benzene rings is 1. The van der Waals surface area contributed by atoms with Crippen LogP contribution in [0.2, 0.25) is 0 Å². The molecule has 0 amide bonds. The van der Waals surface area contributed by atoms with Crippen LogP contribution in [0.1, 0.15) is 11.1 Å². The van der Waals surface area contributed by atoms with E-state index < -0.39 is 21.8 Å². The molecule has 0 unspecified atom stereocenters. The Morgan fingerprint density at radius 1 is 1.24 bits per heavy atom. The average molecular weight is 336 g/mol. The topological polar surface area (TPSA) is 72.2 Å². The summed E-state index contributed by atoms with van der Waals surface area (Å²) >= 11 is 0.957. The van der Waals surface area contributed by atoms with Crippen LogP contribution in [0.5, 0.6) is 0 Å². The van der Waals surface area contributed by atoms with Gasteiger partial charge in [-0.1, -0.05) is 6.07 Å². The molecule has 1 aromatic carbocycles. The summed E-state index contributed by atoms with van der Waals surface area (Å²) in [5.74, 6) is 0. The van der Waals surface area contributed by atoms with Crippen LogP contribution in [-0.4, -0.2) is 8.42 Å². The Morgan fingerprint density at radius 2 is 1.95 bits per heavy atom. The molecular formula is C12H11F3N2O2S2. The van der Waals surface area contributed by atoms with E-state index in [1.54, 1.807) is 5.38 Å². The average Bonchev–Trinajstić information content (AvgIpc) is 2.87. The van der Waals surface area contributed by atoms with Gasteiger partial charge in [0.2, 0.25) is 0 Å². The summed E-state index contributed by atoms with van der Waals surface area (Å²) in [5, 5.41) is 1.58. The quantitative estimate of drug-likeness (QED) is 0.901. The van der Waals surface area contributed by atoms with Crippen LogP contribution >= 0.6 is 11.3 Å². The first-order valence-electron chi connectivity index (χ1n) is 5.70. The third kappa shape index (κ3) is 3.74. The molecule has 0 aliphatic carbocycles. The van der Waals surface area contributed by atoms with Crippen molar-refractivity contribution in [1.82, 2.24) is 0 Å². The Kier molecular flexibility index (Phi) is 4.26. The van der Waals surface area contributed by atoms with Crippen molar-refractivity contribution in [2.24, 2.45) is 5.73 Å². The van der Waals surface area contributed by atoms with E-state index in [-0.39, 0.29) is 16.4 Å². The highest BCUT2D eigenvalue weighted by Crippen LogP contribution is 2.31. The van der Waals surface area contributed by atoms with Gasteiger partial charge in [0, 0.05) is 12.2 Å². The van der Waals surface area contributed by atoms with Crippen LogP contribution in [0.15, 0.2) is 39.9 Å². The lowest BCUT2D eigenvalue weighted by atomic mass is 10.2. The van der Waals surface area contributed by atoms with E-state index in [0.717, 1.165) is 29.5 Å². The fourth-order valence-corrected chi connectivity index (χ4v) is 3.84. The molecule has 0 saturated heterocycles. The number of nitrogens with one attached hydrogen (secondary N) is 1. The van der Waals surface area contributed by atoms with Crippen molar-refractivity contribution in [3.63, 3.8) is 0 Å². The van der Waals surface area contributed by atoms with Gasteiger partial charge in [-0.3, -0.25) is 4.72 Å². The van der Waals surface area contributed by atoms with Crippen molar-refractivity contribution in [2.75, 3.05) is 4.72 Å². The minimum Gasteiger partial charge on any atom is -0.326 e. The second kappa shape index (κ2) is 5.66. The largest absolute Gasteiger partial charge is 0.416 e. The monoisotopic (exact) mass is 336 g/mol. The Balaban J connectivity index is 2.28. The number of hydrogen-bond acceptors (Lipinski definition) is 4. The molecule has 0 atom stereocenters. The standard InChI is InChI=1S/C12H11F3N2O2S2/c13-12(14,15)9-2-1-3-10(5-9)17-21(18,19)11-4-8(6-16)7-20-11/h1-5,7,17H,6,16H2. The third-order valence-corrected chi connectivity index (χ3v) is 5.44. The first-order chi connectivity index (χ1) is 9.72. The van der Waals surface area contributed by atoms with E-state index in [1.165, 1.54) is 12.1 Å². The fourth-order valence-electron chi connectivity index (χ4n) is 1.57. The number of anilines is 1. The Labute approximate surface area is 123 Å². The minimum atomic E-state index is -4.53. The first-order valence-corrected chi connectivity index (χ1v) is 8.06. The molecule has 9 heteroatoms. The summed E-state index contributed by atoms with van der Waals surface area (Å²) in [6.45, 7) is 0.190. The molecule has 0 fully saturated rings. The molecule has 0 aliphatic heterocycles. The van der Waals surface area contributed by atoms with Crippen LogP contribution < -0.4 is 10.5 Å². The summed E-state index contributed by atoms with van der Waals surface area (Å²) in [6.07, 6.45) is -4.53. The predicted octanol–water partition coefficient (Wildman–Crippen LogP) is 3.03. The lowest BCUT2D eigenvalue weighted by molar-refractivity contribution is -0.137. The SMILES string of the molecule is NCc1csc(S(=O)(=O)Nc2cccc(C(F)(F)F)c2)c1. The number of hydrogen-bond donors (Lipinski definition) is 2. The van der Waals surface area contributed by atoms with Gasteiger partial charge in [0.15, 0.2) is 0 Å². The van der Waals surface area contributed by atoms with Crippen molar-refractivity contribution >= 4 is 27.0 Å². The fraction of sp³-hybridized carbons (Fsp3) is 0.167. The van der Waals surface area contributed by atoms with Gasteiger partial charge < -0.3 is 5.73 Å². The molecule has 2 aromatic rings. The molecular weight excluding hydrogens is 325 g/mol. The van der Waals surface area contributed by atoms with E-state index in [1.807, 2.05) is 0 Å². The number of alkyl halides is 3. The summed E-state index contributed by atoms with van der Waals surface area (Å²) < 4.78 is 64.0. The highest BCUT2D eigenvalue weighted by Gasteiger charge is 2.30. The van der Waals surface area contributed by atoms with Crippen LogP contribution in [0, 0.1) is 0 Å². The van der Waals surface area contributed by atoms with Gasteiger partial charge in [-0.2, -0.15) is 13.2 Å². The van der Waals surface area contributed by atoms with Crippen LogP contribution in [-0.2, 0) is 22.7 Å². The molecule has 0 aliphatic rings. The molecule has 0 spiro atoms. The van der Waals surface area contributed by atoms with Crippen molar-refractivity contribution in [3.8, 4) is 0 Å². The maximum Gasteiger partial charge on any atom is 0.416 e. The maximum atomic E-state index is 12.6. The van der Waals surface area contributed by atoms with Gasteiger partial charge in [-0.05, 0) is 35.2 Å². The zero-order valence-electron chi connectivity index (χ0n) is 10.5. The molecule has 21 heavy (non-hydrogen) atoms. The Hall–Kier alpha value is -1.58. The molecule has 3 N–H and O–H groups in total. The van der Waals surface area contributed by atoms with E-state index in [4.69, 9.17) is 5.73 Å². The second-order valence-corrected chi connectivity index (χ2v) is 6.98. The van der Waals surface area contributed by atoms with Crippen molar-refractivity contribution in [3.05, 3.63) is 46.8 Å². The van der Waals surface area contributed by atoms with Gasteiger partial charge in [0.25, 0.3) is 10.0 Å². The van der Waals surface area contributed by atoms with Gasteiger partial charge in [0.05, 0.1) is 5.56 Å². The van der Waals surface area contributed by atoms with Gasteiger partial charge in [-0.25, -0.2) is 8.42 Å². The summed E-state index contributed by atoms with van der Waals surface area (Å²) in [4.78, 5) is 0. The first kappa shape index (κ1) is 15.8. The van der Waals surface area contributed by atoms with Crippen molar-refractivity contribution in [2.45, 2.75) is 16.9 Å². The van der Waals surface area contributed by atoms with Crippen LogP contribution in [0.3, 0.4) is 0 Å². The lowest BCUT2D eigenvalue weighted by Gasteiger charge is -2.10. The van der Waals surface area contributed by atoms with E-state index in [0.29, 0.717) is 5.56 Å². The number of thiophene rings is 1. The zero-order chi connectivity index (χ0) is 15.7. The summed E-state index contributed by atoms with van der Waals surface area (Å²) in [7, 11) is -3.92. The van der Waals surface area contributed by atoms with Gasteiger partial charge >= 0.3 is 6.18 Å². The van der Waals surface area contributed by atoms with Crippen LogP contribution in [0.4, 0.5) is 18.9 Å². The molecule has 2 rings (SSSR count). The van der Waals surface area contributed by atoms with Crippen LogP contribution in [0.25, 0.3) is 0 Å². The van der Waals surface area contributed by atoms with E-state index in [9.17, 15) is 21.6 Å². The van der Waals surface area contributed by atoms with E-state index in [2.05, 4.69) is 4.72 Å². The zero-order valence-corrected chi connectivity index (χ0v) is 12.1. The molecule has 114 valence electrons. The van der Waals surface area contributed by atoms with Crippen molar-refractivity contribution in [1.29, 1.82) is 0 Å². The van der Waals surface area contributed by atoms with Gasteiger partial charge in [-0.15, -0.1) is 11.3 Å². The Morgan fingerprint density at radius 3 is 2.52 bits per heavy atom. The number of rotatable bonds is 4. The molecule has 0 radical (unpaired) electrons. The highest BCUT2D eigenvalue weighted by atomic mass is 32.2. The molecule has 0 saturated carbocycles. The minimum absolute atomic E-state index is 0.000335. The molecule has 1 aromatic heterocycles. The van der Waals surface area contributed by atoms with E-state index >= 15 is 0 Å². The second-order valence-electron chi connectivity index (χ2n) is 4.16. The summed E-state index contributed by atoms with van der Waals surface area (Å²) in [5.41, 5.74) is 4.97. The predicted molar refractivity (Wildman–Crippen MR) is 74.5 cm³/mol. The molecule has 1 heterocycles. The number of halogens is 3. The highest BCUT2D eigenvalue weighted by molar-refractivity contribution is 7.94. The van der Waals surface area contributed by atoms with Crippen molar-refractivity contribution < 1.29 is 21.6 Å². The third-order valence-electron chi connectivity index (χ3n) is 2.57. The molecule has 0 bridgehead atoms. The maximum absolute atomic E-state index is 12.6. The molecule has 4 nitrogen and oxygen atoms in total. The number of sulfonamides is 1. The lowest BCUT2D eigenvalue weighted by Crippen LogP contribution is -2.13. The smallest absolute Gasteiger partial charge is 0.326 e. The van der Waals surface area contributed by atoms with Gasteiger partial charge in [0.1, 0.15) is 4.21 Å². The number of nitrogens with two attached hydrogens (primary N) is 1.